The highest BCUT2D eigenvalue weighted by atomic mass is 32.2. The standard InChI is InChI=1S/C30H37N3O6S/c1-29-10-5-6-17-39-28(37)24(29)23-26(35)33(22(20-34)21-8-3-2-4-9-21)25-27(36)32(12-7-11-30(23,25)40-29)14-13-31-15-18-38-19-16-31/h2-5,7-11,22-25,34H,6,12-20H2,1H3/t22-,23+,24-,25?,29+,30+/m1/s1. The van der Waals surface area contributed by atoms with Gasteiger partial charge in [0.2, 0.25) is 11.8 Å². The summed E-state index contributed by atoms with van der Waals surface area (Å²) < 4.78 is 9.42. The number of aliphatic hydroxyl groups excluding tert-OH is 1. The number of amides is 2. The molecule has 40 heavy (non-hydrogen) atoms. The van der Waals surface area contributed by atoms with Crippen LogP contribution >= 0.6 is 11.8 Å². The van der Waals surface area contributed by atoms with Gasteiger partial charge in [-0.05, 0) is 18.9 Å². The molecule has 6 rings (SSSR count). The predicted octanol–water partition coefficient (Wildman–Crippen LogP) is 1.64. The molecular formula is C30H37N3O6S. The fourth-order valence-corrected chi connectivity index (χ4v) is 9.27. The summed E-state index contributed by atoms with van der Waals surface area (Å²) in [6.45, 7) is 6.57. The summed E-state index contributed by atoms with van der Waals surface area (Å²) in [5.41, 5.74) is 0.752. The van der Waals surface area contributed by atoms with Crippen molar-refractivity contribution in [3.63, 3.8) is 0 Å². The topological polar surface area (TPSA) is 99.6 Å². The number of nitrogens with zero attached hydrogens (tertiary/aromatic N) is 3. The summed E-state index contributed by atoms with van der Waals surface area (Å²) >= 11 is 1.53. The quantitative estimate of drug-likeness (QED) is 0.409. The maximum atomic E-state index is 14.6. The van der Waals surface area contributed by atoms with Gasteiger partial charge in [-0.2, -0.15) is 0 Å². The second-order valence-electron chi connectivity index (χ2n) is 11.4. The van der Waals surface area contributed by atoms with E-state index in [9.17, 15) is 19.5 Å². The van der Waals surface area contributed by atoms with Crippen LogP contribution < -0.4 is 0 Å². The lowest BCUT2D eigenvalue weighted by atomic mass is 9.74. The Hall–Kier alpha value is -2.66. The molecule has 5 aliphatic rings. The van der Waals surface area contributed by atoms with Crippen LogP contribution in [0, 0.1) is 11.8 Å². The van der Waals surface area contributed by atoms with Crippen molar-refractivity contribution in [3.05, 3.63) is 60.2 Å². The summed E-state index contributed by atoms with van der Waals surface area (Å²) in [7, 11) is 0. The van der Waals surface area contributed by atoms with Crippen molar-refractivity contribution >= 4 is 29.5 Å². The largest absolute Gasteiger partial charge is 0.465 e. The Morgan fingerprint density at radius 1 is 1.00 bits per heavy atom. The number of morpholine rings is 1. The van der Waals surface area contributed by atoms with Crippen molar-refractivity contribution in [1.29, 1.82) is 0 Å². The SMILES string of the molecule is C[C@]12C=CCCOC(=O)[C@H]1[C@H]1C(=O)N([C@H](CO)c3ccccc3)C3C(=O)N(CCN4CCOCC4)CC=C[C@@]31S2. The summed E-state index contributed by atoms with van der Waals surface area (Å²) in [5.74, 6) is -2.37. The highest BCUT2D eigenvalue weighted by Crippen LogP contribution is 2.66. The zero-order chi connectivity index (χ0) is 27.9. The molecule has 3 fully saturated rings. The molecule has 0 saturated carbocycles. The molecule has 0 aromatic heterocycles. The van der Waals surface area contributed by atoms with Crippen LogP contribution in [0.3, 0.4) is 0 Å². The first kappa shape index (κ1) is 27.5. The number of hydrogen-bond acceptors (Lipinski definition) is 8. The predicted molar refractivity (Wildman–Crippen MR) is 150 cm³/mol. The average molecular weight is 568 g/mol. The van der Waals surface area contributed by atoms with Gasteiger partial charge in [0.1, 0.15) is 6.04 Å². The van der Waals surface area contributed by atoms with Crippen LogP contribution in [-0.2, 0) is 23.9 Å². The number of carbonyl (C=O) groups excluding carboxylic acids is 3. The number of likely N-dealkylation sites (tertiary alicyclic amines) is 1. The van der Waals surface area contributed by atoms with Gasteiger partial charge in [-0.25, -0.2) is 0 Å². The number of rotatable bonds is 6. The summed E-state index contributed by atoms with van der Waals surface area (Å²) in [5, 5.41) is 10.7. The molecule has 1 aromatic rings. The third-order valence-corrected chi connectivity index (χ3v) is 10.8. The molecule has 1 spiro atoms. The summed E-state index contributed by atoms with van der Waals surface area (Å²) in [4.78, 5) is 48.4. The first-order valence-electron chi connectivity index (χ1n) is 14.2. The third-order valence-electron chi connectivity index (χ3n) is 9.02. The average Bonchev–Trinajstić information content (AvgIpc) is 3.28. The van der Waals surface area contributed by atoms with Crippen LogP contribution in [0.15, 0.2) is 54.6 Å². The van der Waals surface area contributed by atoms with E-state index in [4.69, 9.17) is 9.47 Å². The molecule has 214 valence electrons. The third kappa shape index (κ3) is 4.49. The zero-order valence-electron chi connectivity index (χ0n) is 22.8. The van der Waals surface area contributed by atoms with Gasteiger partial charge in [-0.15, -0.1) is 11.8 Å². The molecule has 2 amide bonds. The Balaban J connectivity index is 1.43. The van der Waals surface area contributed by atoms with Crippen LogP contribution in [0.2, 0.25) is 0 Å². The van der Waals surface area contributed by atoms with Crippen molar-refractivity contribution in [2.24, 2.45) is 11.8 Å². The van der Waals surface area contributed by atoms with E-state index in [1.807, 2.05) is 66.5 Å². The van der Waals surface area contributed by atoms with Crippen molar-refractivity contribution < 1.29 is 29.0 Å². The monoisotopic (exact) mass is 567 g/mol. The first-order chi connectivity index (χ1) is 19.4. The van der Waals surface area contributed by atoms with Crippen LogP contribution in [0.5, 0.6) is 0 Å². The maximum Gasteiger partial charge on any atom is 0.311 e. The highest BCUT2D eigenvalue weighted by molar-refractivity contribution is 8.02. The lowest BCUT2D eigenvalue weighted by Gasteiger charge is -2.40. The van der Waals surface area contributed by atoms with Crippen molar-refractivity contribution in [2.45, 2.75) is 34.9 Å². The van der Waals surface area contributed by atoms with E-state index in [1.54, 1.807) is 4.90 Å². The van der Waals surface area contributed by atoms with E-state index in [2.05, 4.69) is 4.90 Å². The molecule has 6 atom stereocenters. The minimum absolute atomic E-state index is 0.147. The van der Waals surface area contributed by atoms with Gasteiger partial charge in [0, 0.05) is 37.5 Å². The number of aliphatic hydroxyl groups is 1. The van der Waals surface area contributed by atoms with Crippen molar-refractivity contribution in [3.8, 4) is 0 Å². The number of thioether (sulfide) groups is 1. The lowest BCUT2D eigenvalue weighted by Crippen LogP contribution is -2.55. The molecule has 3 saturated heterocycles. The molecule has 0 bridgehead atoms. The molecule has 1 N–H and O–H groups in total. The molecule has 5 heterocycles. The number of hydrogen-bond donors (Lipinski definition) is 1. The molecule has 1 unspecified atom stereocenters. The van der Waals surface area contributed by atoms with Gasteiger partial charge in [0.25, 0.3) is 0 Å². The Morgan fingerprint density at radius 2 is 1.77 bits per heavy atom. The normalized spacial score (nSPS) is 35.0. The van der Waals surface area contributed by atoms with Gasteiger partial charge >= 0.3 is 5.97 Å². The van der Waals surface area contributed by atoms with E-state index in [0.717, 1.165) is 18.7 Å². The molecule has 9 nitrogen and oxygen atoms in total. The fourth-order valence-electron chi connectivity index (χ4n) is 7.13. The van der Waals surface area contributed by atoms with Gasteiger partial charge in [-0.3, -0.25) is 19.3 Å². The fraction of sp³-hybridized carbons (Fsp3) is 0.567. The number of fused-ring (bicyclic) bond motifs is 2. The Bertz CT molecular complexity index is 1200. The number of ether oxygens (including phenoxy) is 2. The minimum Gasteiger partial charge on any atom is -0.465 e. The number of carbonyl (C=O) groups is 3. The molecule has 5 aliphatic heterocycles. The van der Waals surface area contributed by atoms with E-state index in [-0.39, 0.29) is 25.0 Å². The number of esters is 1. The van der Waals surface area contributed by atoms with E-state index in [0.29, 0.717) is 39.3 Å². The van der Waals surface area contributed by atoms with Crippen LogP contribution in [0.25, 0.3) is 0 Å². The van der Waals surface area contributed by atoms with E-state index in [1.165, 1.54) is 11.8 Å². The van der Waals surface area contributed by atoms with Crippen molar-refractivity contribution in [2.75, 3.05) is 59.2 Å². The Morgan fingerprint density at radius 3 is 2.52 bits per heavy atom. The van der Waals surface area contributed by atoms with Gasteiger partial charge in [-0.1, -0.05) is 54.6 Å². The highest BCUT2D eigenvalue weighted by Gasteiger charge is 2.74. The second kappa shape index (κ2) is 11.0. The van der Waals surface area contributed by atoms with Crippen molar-refractivity contribution in [1.82, 2.24) is 14.7 Å². The van der Waals surface area contributed by atoms with E-state index >= 15 is 0 Å². The second-order valence-corrected chi connectivity index (χ2v) is 13.1. The summed E-state index contributed by atoms with van der Waals surface area (Å²) in [6.07, 6.45) is 8.65. The number of cyclic esters (lactones) is 1. The smallest absolute Gasteiger partial charge is 0.311 e. The number of benzene rings is 1. The van der Waals surface area contributed by atoms with Gasteiger partial charge < -0.3 is 24.4 Å². The molecule has 0 radical (unpaired) electrons. The molecule has 0 aliphatic carbocycles. The molecule has 10 heteroatoms. The minimum atomic E-state index is -0.975. The zero-order valence-corrected chi connectivity index (χ0v) is 23.6. The van der Waals surface area contributed by atoms with Gasteiger partial charge in [0.15, 0.2) is 0 Å². The summed E-state index contributed by atoms with van der Waals surface area (Å²) in [6, 6.07) is 7.75. The Labute approximate surface area is 239 Å². The Kier molecular flexibility index (Phi) is 7.54. The molecular weight excluding hydrogens is 530 g/mol. The lowest BCUT2D eigenvalue weighted by molar-refractivity contribution is -0.154. The molecule has 1 aromatic carbocycles. The van der Waals surface area contributed by atoms with Crippen LogP contribution in [0.1, 0.15) is 24.9 Å². The first-order valence-corrected chi connectivity index (χ1v) is 15.0. The van der Waals surface area contributed by atoms with Crippen LogP contribution in [-0.4, -0.2) is 112 Å². The van der Waals surface area contributed by atoms with Gasteiger partial charge in [0.05, 0.1) is 49.1 Å². The van der Waals surface area contributed by atoms with E-state index < -0.39 is 39.4 Å². The van der Waals surface area contributed by atoms with Crippen LogP contribution in [0.4, 0.5) is 0 Å². The maximum absolute atomic E-state index is 14.6.